The summed E-state index contributed by atoms with van der Waals surface area (Å²) in [4.78, 5) is 12.9. The maximum Gasteiger partial charge on any atom is 0.256 e. The Kier molecular flexibility index (Phi) is 4.83. The van der Waals surface area contributed by atoms with Crippen molar-refractivity contribution in [2.45, 2.75) is 26.4 Å². The summed E-state index contributed by atoms with van der Waals surface area (Å²) >= 11 is 6.48. The van der Waals surface area contributed by atoms with E-state index in [4.69, 9.17) is 11.6 Å². The molecule has 28 heavy (non-hydrogen) atoms. The standard InChI is InChI=1S/C20H19ClN6O/c1-13-17(18(21)27(25-13)12-15-8-4-3-5-9-15)20(28)22-14(2)19-24-23-16-10-6-7-11-26(16)19/h3-11,14H,12H2,1-2H3,(H,22,28). The van der Waals surface area contributed by atoms with Gasteiger partial charge in [0, 0.05) is 6.20 Å². The van der Waals surface area contributed by atoms with Gasteiger partial charge in [-0.25, -0.2) is 4.68 Å². The molecule has 142 valence electrons. The minimum Gasteiger partial charge on any atom is -0.342 e. The molecule has 1 unspecified atom stereocenters. The number of amides is 1. The second kappa shape index (κ2) is 7.44. The second-order valence-corrected chi connectivity index (χ2v) is 6.93. The molecular formula is C20H19ClN6O. The molecule has 4 aromatic rings. The molecule has 1 N–H and O–H groups in total. The molecule has 1 atom stereocenters. The predicted molar refractivity (Wildman–Crippen MR) is 106 cm³/mol. The fourth-order valence-electron chi connectivity index (χ4n) is 3.16. The molecule has 0 saturated carbocycles. The monoisotopic (exact) mass is 394 g/mol. The molecule has 1 amide bonds. The van der Waals surface area contributed by atoms with Crippen LogP contribution in [0.15, 0.2) is 54.7 Å². The zero-order chi connectivity index (χ0) is 19.7. The van der Waals surface area contributed by atoms with Gasteiger partial charge in [0.2, 0.25) is 0 Å². The van der Waals surface area contributed by atoms with Crippen molar-refractivity contribution in [2.24, 2.45) is 0 Å². The predicted octanol–water partition coefficient (Wildman–Crippen LogP) is 3.43. The summed E-state index contributed by atoms with van der Waals surface area (Å²) in [7, 11) is 0. The first-order valence-electron chi connectivity index (χ1n) is 8.92. The van der Waals surface area contributed by atoms with Gasteiger partial charge in [-0.15, -0.1) is 10.2 Å². The van der Waals surface area contributed by atoms with Gasteiger partial charge in [-0.3, -0.25) is 9.20 Å². The summed E-state index contributed by atoms with van der Waals surface area (Å²) in [6.45, 7) is 4.14. The summed E-state index contributed by atoms with van der Waals surface area (Å²) in [6.07, 6.45) is 1.86. The first-order chi connectivity index (χ1) is 13.5. The number of aryl methyl sites for hydroxylation is 1. The number of aromatic nitrogens is 5. The number of nitrogens with one attached hydrogen (secondary N) is 1. The van der Waals surface area contributed by atoms with Crippen LogP contribution >= 0.6 is 11.6 Å². The molecule has 0 fully saturated rings. The summed E-state index contributed by atoms with van der Waals surface area (Å²) in [5.74, 6) is 0.358. The van der Waals surface area contributed by atoms with Gasteiger partial charge in [0.05, 0.1) is 23.8 Å². The van der Waals surface area contributed by atoms with Crippen molar-refractivity contribution in [3.8, 4) is 0 Å². The Morgan fingerprint density at radius 1 is 1.14 bits per heavy atom. The van der Waals surface area contributed by atoms with Crippen LogP contribution in [0, 0.1) is 6.92 Å². The van der Waals surface area contributed by atoms with Crippen LogP contribution in [0.3, 0.4) is 0 Å². The number of carbonyl (C=O) groups excluding carboxylic acids is 1. The van der Waals surface area contributed by atoms with Gasteiger partial charge in [-0.2, -0.15) is 5.10 Å². The van der Waals surface area contributed by atoms with Crippen molar-refractivity contribution in [2.75, 3.05) is 0 Å². The van der Waals surface area contributed by atoms with Crippen LogP contribution in [-0.2, 0) is 6.54 Å². The quantitative estimate of drug-likeness (QED) is 0.562. The van der Waals surface area contributed by atoms with Gasteiger partial charge in [0.25, 0.3) is 5.91 Å². The SMILES string of the molecule is Cc1nn(Cc2ccccc2)c(Cl)c1C(=O)NC(C)c1nnc2ccccn12. The number of hydrogen-bond donors (Lipinski definition) is 1. The highest BCUT2D eigenvalue weighted by Gasteiger charge is 2.23. The Balaban J connectivity index is 1.56. The molecule has 1 aromatic carbocycles. The van der Waals surface area contributed by atoms with E-state index < -0.39 is 0 Å². The second-order valence-electron chi connectivity index (χ2n) is 6.58. The molecule has 0 aliphatic carbocycles. The van der Waals surface area contributed by atoms with E-state index in [1.54, 1.807) is 11.6 Å². The molecule has 3 heterocycles. The molecule has 0 saturated heterocycles. The number of fused-ring (bicyclic) bond motifs is 1. The van der Waals surface area contributed by atoms with Gasteiger partial charge >= 0.3 is 0 Å². The van der Waals surface area contributed by atoms with Gasteiger partial charge < -0.3 is 5.32 Å². The molecule has 4 rings (SSSR count). The largest absolute Gasteiger partial charge is 0.342 e. The Morgan fingerprint density at radius 2 is 1.89 bits per heavy atom. The third kappa shape index (κ3) is 3.36. The highest BCUT2D eigenvalue weighted by atomic mass is 35.5. The average Bonchev–Trinajstić information content (AvgIpc) is 3.23. The molecule has 3 aromatic heterocycles. The van der Waals surface area contributed by atoms with E-state index in [1.165, 1.54) is 0 Å². The topological polar surface area (TPSA) is 77.1 Å². The van der Waals surface area contributed by atoms with E-state index in [-0.39, 0.29) is 11.9 Å². The van der Waals surface area contributed by atoms with Crippen LogP contribution in [0.5, 0.6) is 0 Å². The molecule has 0 bridgehead atoms. The molecular weight excluding hydrogens is 376 g/mol. The maximum atomic E-state index is 12.9. The minimum absolute atomic E-state index is 0.290. The third-order valence-electron chi connectivity index (χ3n) is 4.54. The van der Waals surface area contributed by atoms with Crippen LogP contribution < -0.4 is 5.32 Å². The van der Waals surface area contributed by atoms with Crippen molar-refractivity contribution >= 4 is 23.2 Å². The molecule has 0 aliphatic rings. The van der Waals surface area contributed by atoms with Crippen LogP contribution in [0.25, 0.3) is 5.65 Å². The van der Waals surface area contributed by atoms with E-state index in [0.717, 1.165) is 11.2 Å². The van der Waals surface area contributed by atoms with Gasteiger partial charge in [0.1, 0.15) is 5.15 Å². The lowest BCUT2D eigenvalue weighted by Gasteiger charge is -2.12. The smallest absolute Gasteiger partial charge is 0.256 e. The van der Waals surface area contributed by atoms with E-state index in [2.05, 4.69) is 20.6 Å². The van der Waals surface area contributed by atoms with E-state index >= 15 is 0 Å². The van der Waals surface area contributed by atoms with Crippen molar-refractivity contribution in [3.05, 3.63) is 82.5 Å². The average molecular weight is 395 g/mol. The Morgan fingerprint density at radius 3 is 2.68 bits per heavy atom. The summed E-state index contributed by atoms with van der Waals surface area (Å²) in [5, 5.41) is 16.0. The fraction of sp³-hybridized carbons (Fsp3) is 0.200. The molecule has 0 radical (unpaired) electrons. The molecule has 8 heteroatoms. The zero-order valence-electron chi connectivity index (χ0n) is 15.5. The lowest BCUT2D eigenvalue weighted by Crippen LogP contribution is -2.28. The summed E-state index contributed by atoms with van der Waals surface area (Å²) < 4.78 is 3.48. The van der Waals surface area contributed by atoms with Crippen molar-refractivity contribution < 1.29 is 4.79 Å². The molecule has 0 spiro atoms. The first-order valence-corrected chi connectivity index (χ1v) is 9.29. The number of nitrogens with zero attached hydrogens (tertiary/aromatic N) is 5. The van der Waals surface area contributed by atoms with E-state index in [0.29, 0.717) is 28.8 Å². The summed E-state index contributed by atoms with van der Waals surface area (Å²) in [5.41, 5.74) is 2.74. The minimum atomic E-state index is -0.349. The normalized spacial score (nSPS) is 12.2. The van der Waals surface area contributed by atoms with Gasteiger partial charge in [-0.1, -0.05) is 48.0 Å². The number of rotatable bonds is 5. The Bertz CT molecular complexity index is 1130. The summed E-state index contributed by atoms with van der Waals surface area (Å²) in [6, 6.07) is 15.1. The number of hydrogen-bond acceptors (Lipinski definition) is 4. The van der Waals surface area contributed by atoms with Crippen molar-refractivity contribution in [1.29, 1.82) is 0 Å². The molecule has 7 nitrogen and oxygen atoms in total. The first kappa shape index (κ1) is 18.2. The maximum absolute atomic E-state index is 12.9. The van der Waals surface area contributed by atoms with Crippen LogP contribution in [-0.4, -0.2) is 30.3 Å². The lowest BCUT2D eigenvalue weighted by molar-refractivity contribution is 0.0937. The zero-order valence-corrected chi connectivity index (χ0v) is 16.3. The van der Waals surface area contributed by atoms with Gasteiger partial charge in [-0.05, 0) is 31.5 Å². The van der Waals surface area contributed by atoms with Crippen molar-refractivity contribution in [1.82, 2.24) is 29.7 Å². The van der Waals surface area contributed by atoms with Crippen LogP contribution in [0.1, 0.15) is 40.4 Å². The highest BCUT2D eigenvalue weighted by Crippen LogP contribution is 2.22. The van der Waals surface area contributed by atoms with E-state index in [9.17, 15) is 4.79 Å². The van der Waals surface area contributed by atoms with Crippen LogP contribution in [0.2, 0.25) is 5.15 Å². The van der Waals surface area contributed by atoms with Crippen molar-refractivity contribution in [3.63, 3.8) is 0 Å². The lowest BCUT2D eigenvalue weighted by atomic mass is 10.2. The number of pyridine rings is 1. The Labute approximate surface area is 167 Å². The number of carbonyl (C=O) groups is 1. The highest BCUT2D eigenvalue weighted by molar-refractivity contribution is 6.33. The van der Waals surface area contributed by atoms with Gasteiger partial charge in [0.15, 0.2) is 11.5 Å². The van der Waals surface area contributed by atoms with Crippen LogP contribution in [0.4, 0.5) is 0 Å². The van der Waals surface area contributed by atoms with E-state index in [1.807, 2.05) is 66.1 Å². The fourth-order valence-corrected chi connectivity index (χ4v) is 3.48. The number of halogens is 1. The molecule has 0 aliphatic heterocycles. The Hall–Kier alpha value is -3.19. The third-order valence-corrected chi connectivity index (χ3v) is 4.93. The number of benzene rings is 1.